The Labute approximate surface area is 146 Å². The van der Waals surface area contributed by atoms with Crippen LogP contribution in [0.2, 0.25) is 0 Å². The Morgan fingerprint density at radius 2 is 1.79 bits per heavy atom. The molecule has 0 bridgehead atoms. The van der Waals surface area contributed by atoms with Crippen LogP contribution in [-0.4, -0.2) is 51.2 Å². The van der Waals surface area contributed by atoms with Crippen LogP contribution in [0.3, 0.4) is 0 Å². The molecule has 6 heteroatoms. The maximum absolute atomic E-state index is 11.5. The van der Waals surface area contributed by atoms with Crippen LogP contribution in [0, 0.1) is 5.41 Å². The molecule has 0 aromatic heterocycles. The summed E-state index contributed by atoms with van der Waals surface area (Å²) >= 11 is 0. The van der Waals surface area contributed by atoms with Gasteiger partial charge in [-0.25, -0.2) is 8.42 Å². The Hall–Kier alpha value is -1.56. The number of nitrogens with one attached hydrogen (secondary N) is 1. The van der Waals surface area contributed by atoms with E-state index in [9.17, 15) is 8.42 Å². The van der Waals surface area contributed by atoms with Crippen molar-refractivity contribution in [3.8, 4) is 0 Å². The number of sulfone groups is 1. The lowest BCUT2D eigenvalue weighted by Gasteiger charge is -2.62. The molecule has 1 aliphatic rings. The summed E-state index contributed by atoms with van der Waals surface area (Å²) in [7, 11) is -1.32. The second-order valence-corrected chi connectivity index (χ2v) is 9.68. The van der Waals surface area contributed by atoms with Crippen LogP contribution >= 0.6 is 0 Å². The van der Waals surface area contributed by atoms with Crippen molar-refractivity contribution in [2.75, 3.05) is 26.4 Å². The summed E-state index contributed by atoms with van der Waals surface area (Å²) in [6.07, 6.45) is 2.05. The molecule has 0 atom stereocenters. The predicted molar refractivity (Wildman–Crippen MR) is 99.2 cm³/mol. The fraction of sp³-hybridized carbons (Fsp3) is 0.611. The number of nitrogens with zero attached hydrogens (tertiary/aromatic N) is 2. The molecule has 0 amide bonds. The van der Waals surface area contributed by atoms with Gasteiger partial charge >= 0.3 is 0 Å². The molecule has 1 N–H and O–H groups in total. The maximum Gasteiger partial charge on any atom is 0.194 e. The monoisotopic (exact) mass is 351 g/mol. The first-order chi connectivity index (χ1) is 11.0. The van der Waals surface area contributed by atoms with E-state index in [4.69, 9.17) is 0 Å². The van der Waals surface area contributed by atoms with Gasteiger partial charge in [0.25, 0.3) is 0 Å². The van der Waals surface area contributed by atoms with Gasteiger partial charge in [-0.05, 0) is 38.0 Å². The highest BCUT2D eigenvalue weighted by Gasteiger charge is 2.53. The maximum atomic E-state index is 11.5. The number of likely N-dealkylation sites (tertiary alicyclic amines) is 1. The largest absolute Gasteiger partial charge is 0.356 e. The zero-order chi connectivity index (χ0) is 18.2. The van der Waals surface area contributed by atoms with Crippen molar-refractivity contribution in [2.45, 2.75) is 44.6 Å². The summed E-state index contributed by atoms with van der Waals surface area (Å²) in [5.74, 6) is 0.923. The number of guanidine groups is 1. The lowest BCUT2D eigenvalue weighted by molar-refractivity contribution is -0.0666. The minimum absolute atomic E-state index is 0.0754. The quantitative estimate of drug-likeness (QED) is 0.668. The van der Waals surface area contributed by atoms with E-state index in [0.717, 1.165) is 31.0 Å². The van der Waals surface area contributed by atoms with Crippen molar-refractivity contribution in [1.29, 1.82) is 0 Å². The Morgan fingerprint density at radius 3 is 2.21 bits per heavy atom. The highest BCUT2D eigenvalue weighted by Crippen LogP contribution is 2.46. The van der Waals surface area contributed by atoms with E-state index in [0.29, 0.717) is 4.90 Å². The van der Waals surface area contributed by atoms with Gasteiger partial charge in [0.15, 0.2) is 15.8 Å². The van der Waals surface area contributed by atoms with Crippen LogP contribution in [0.25, 0.3) is 0 Å². The average molecular weight is 352 g/mol. The first-order valence-electron chi connectivity index (χ1n) is 8.26. The van der Waals surface area contributed by atoms with Crippen molar-refractivity contribution in [1.82, 2.24) is 10.2 Å². The molecule has 0 spiro atoms. The number of rotatable bonds is 4. The molecule has 0 saturated carbocycles. The van der Waals surface area contributed by atoms with Gasteiger partial charge in [0.1, 0.15) is 0 Å². The van der Waals surface area contributed by atoms with Gasteiger partial charge in [0.05, 0.1) is 4.90 Å². The molecular weight excluding hydrogens is 322 g/mol. The van der Waals surface area contributed by atoms with Crippen LogP contribution in [0.1, 0.15) is 33.3 Å². The SMILES string of the molecule is CN=C(NCCc1ccc(S(C)(=O)=O)cc1)N1CC(C)(C)C1(C)C. The van der Waals surface area contributed by atoms with Gasteiger partial charge in [-0.2, -0.15) is 0 Å². The summed E-state index contributed by atoms with van der Waals surface area (Å²) < 4.78 is 23.0. The van der Waals surface area contributed by atoms with E-state index in [1.54, 1.807) is 12.1 Å². The molecule has 1 aromatic rings. The van der Waals surface area contributed by atoms with Gasteiger partial charge in [0.2, 0.25) is 0 Å². The fourth-order valence-corrected chi connectivity index (χ4v) is 3.55. The van der Waals surface area contributed by atoms with Crippen molar-refractivity contribution in [3.63, 3.8) is 0 Å². The Bertz CT molecular complexity index is 719. The zero-order valence-corrected chi connectivity index (χ0v) is 16.4. The summed E-state index contributed by atoms with van der Waals surface area (Å²) in [6, 6.07) is 7.08. The van der Waals surface area contributed by atoms with E-state index in [1.165, 1.54) is 6.26 Å². The van der Waals surface area contributed by atoms with Gasteiger partial charge in [0, 0.05) is 37.3 Å². The summed E-state index contributed by atoms with van der Waals surface area (Å²) in [5, 5.41) is 3.42. The summed E-state index contributed by atoms with van der Waals surface area (Å²) in [5.41, 5.74) is 1.45. The molecule has 1 fully saturated rings. The van der Waals surface area contributed by atoms with Crippen molar-refractivity contribution in [2.24, 2.45) is 10.4 Å². The Kier molecular flexibility index (Phi) is 5.00. The molecule has 1 heterocycles. The summed E-state index contributed by atoms with van der Waals surface area (Å²) in [6.45, 7) is 10.8. The van der Waals surface area contributed by atoms with E-state index in [2.05, 4.69) is 42.9 Å². The molecule has 2 rings (SSSR count). The van der Waals surface area contributed by atoms with Crippen molar-refractivity contribution in [3.05, 3.63) is 29.8 Å². The second kappa shape index (κ2) is 6.39. The van der Waals surface area contributed by atoms with E-state index < -0.39 is 9.84 Å². The number of benzene rings is 1. The van der Waals surface area contributed by atoms with Crippen LogP contribution in [0.15, 0.2) is 34.2 Å². The standard InChI is InChI=1S/C18H29N3O2S/c1-17(2)13-21(18(17,3)4)16(19-5)20-12-11-14-7-9-15(10-8-14)24(6,22)23/h7-10H,11-13H2,1-6H3,(H,19,20). The highest BCUT2D eigenvalue weighted by molar-refractivity contribution is 7.90. The lowest BCUT2D eigenvalue weighted by atomic mass is 9.65. The van der Waals surface area contributed by atoms with Crippen LogP contribution in [0.4, 0.5) is 0 Å². The third kappa shape index (κ3) is 3.58. The Morgan fingerprint density at radius 1 is 1.21 bits per heavy atom. The lowest BCUT2D eigenvalue weighted by Crippen LogP contribution is -2.72. The number of hydrogen-bond acceptors (Lipinski definition) is 3. The minimum Gasteiger partial charge on any atom is -0.356 e. The van der Waals surface area contributed by atoms with E-state index in [1.807, 2.05) is 19.2 Å². The zero-order valence-electron chi connectivity index (χ0n) is 15.5. The molecule has 134 valence electrons. The van der Waals surface area contributed by atoms with Gasteiger partial charge < -0.3 is 10.2 Å². The second-order valence-electron chi connectivity index (χ2n) is 7.67. The van der Waals surface area contributed by atoms with Gasteiger partial charge in [-0.15, -0.1) is 0 Å². The molecule has 1 aliphatic heterocycles. The first-order valence-corrected chi connectivity index (χ1v) is 10.2. The minimum atomic E-state index is -3.13. The fourth-order valence-electron chi connectivity index (χ4n) is 2.92. The highest BCUT2D eigenvalue weighted by atomic mass is 32.2. The third-order valence-electron chi connectivity index (χ3n) is 5.40. The third-order valence-corrected chi connectivity index (χ3v) is 6.53. The molecule has 5 nitrogen and oxygen atoms in total. The molecule has 0 unspecified atom stereocenters. The average Bonchev–Trinajstić information content (AvgIpc) is 2.49. The van der Waals surface area contributed by atoms with Gasteiger partial charge in [-0.1, -0.05) is 26.0 Å². The van der Waals surface area contributed by atoms with Crippen molar-refractivity contribution < 1.29 is 8.42 Å². The van der Waals surface area contributed by atoms with Crippen LogP contribution in [-0.2, 0) is 16.3 Å². The van der Waals surface area contributed by atoms with E-state index in [-0.39, 0.29) is 11.0 Å². The number of hydrogen-bond donors (Lipinski definition) is 1. The van der Waals surface area contributed by atoms with Gasteiger partial charge in [-0.3, -0.25) is 4.99 Å². The molecule has 0 radical (unpaired) electrons. The molecule has 24 heavy (non-hydrogen) atoms. The van der Waals surface area contributed by atoms with Crippen LogP contribution in [0.5, 0.6) is 0 Å². The first kappa shape index (κ1) is 18.8. The summed E-state index contributed by atoms with van der Waals surface area (Å²) in [4.78, 5) is 7.07. The van der Waals surface area contributed by atoms with Crippen LogP contribution < -0.4 is 5.32 Å². The molecule has 0 aliphatic carbocycles. The molecule has 1 saturated heterocycles. The number of aliphatic imine (C=N–C) groups is 1. The van der Waals surface area contributed by atoms with Crippen molar-refractivity contribution >= 4 is 15.8 Å². The predicted octanol–water partition coefficient (Wildman–Crippen LogP) is 2.33. The molecule has 1 aromatic carbocycles. The smallest absolute Gasteiger partial charge is 0.194 e. The topological polar surface area (TPSA) is 61.8 Å². The normalized spacial score (nSPS) is 19.8. The van der Waals surface area contributed by atoms with E-state index >= 15 is 0 Å². The Balaban J connectivity index is 1.92. The molecular formula is C18H29N3O2S.